The maximum absolute atomic E-state index is 5.10. The number of fused-ring (bicyclic) bond motifs is 9. The number of hydrogen-bond donors (Lipinski definition) is 0. The van der Waals surface area contributed by atoms with E-state index in [9.17, 15) is 0 Å². The van der Waals surface area contributed by atoms with Gasteiger partial charge in [0.25, 0.3) is 0 Å². The molecule has 0 aliphatic carbocycles. The number of rotatable bonds is 8. The first kappa shape index (κ1) is 42.4. The van der Waals surface area contributed by atoms with Gasteiger partial charge in [-0.1, -0.05) is 158 Å². The number of hydrogen-bond acceptors (Lipinski definition) is 4. The first-order valence-corrected chi connectivity index (χ1v) is 25.3. The predicted octanol–water partition coefficient (Wildman–Crippen LogP) is 16.9. The fraction of sp³-hybridized carbons (Fsp3) is 0. The molecule has 0 saturated heterocycles. The molecule has 0 amide bonds. The molecule has 350 valence electrons. The van der Waals surface area contributed by atoms with Gasteiger partial charge in [0.15, 0.2) is 17.5 Å². The fourth-order valence-corrected chi connectivity index (χ4v) is 11.2. The molecule has 0 fully saturated rings. The quantitative estimate of drug-likeness (QED) is 0.152. The van der Waals surface area contributed by atoms with Crippen LogP contribution in [0.1, 0.15) is 0 Å². The van der Waals surface area contributed by atoms with E-state index >= 15 is 0 Å². The molecule has 7 heteroatoms. The minimum atomic E-state index is 0.512. The van der Waals surface area contributed by atoms with Crippen LogP contribution < -0.4 is 0 Å². The Bertz CT molecular complexity index is 4400. The maximum atomic E-state index is 5.10. The highest BCUT2D eigenvalue weighted by atomic mass is 15.1. The average Bonchev–Trinajstić information content (AvgIpc) is 4.18. The van der Waals surface area contributed by atoms with E-state index < -0.39 is 0 Å². The monoisotopic (exact) mass is 957 g/mol. The standard InChI is InChI=1S/C68H43N7/c1-5-17-44(18-6-1)66-70-67(45-19-7-2-8-20-45)72-68(71-66)59-34-33-52(43-69-59)75-64-37-31-48(46-29-35-62-55(39-46)53-25-13-15-27-60(53)73(62)50-21-9-3-10-22-50)41-57(64)58-42-49(32-38-65(58)75)47-30-36-63-56(40-47)54-26-14-16-28-61(54)74(63)51-23-11-4-12-24-51/h1-43H. The molecular weight excluding hydrogens is 915 g/mol. The smallest absolute Gasteiger partial charge is 0.182 e. The average molecular weight is 958 g/mol. The summed E-state index contributed by atoms with van der Waals surface area (Å²) >= 11 is 0. The zero-order valence-corrected chi connectivity index (χ0v) is 40.5. The van der Waals surface area contributed by atoms with E-state index in [2.05, 4.69) is 202 Å². The molecule has 0 bridgehead atoms. The number of para-hydroxylation sites is 4. The second-order valence-corrected chi connectivity index (χ2v) is 19.1. The van der Waals surface area contributed by atoms with Gasteiger partial charge in [-0.15, -0.1) is 0 Å². The van der Waals surface area contributed by atoms with E-state index in [1.165, 1.54) is 43.6 Å². The Labute approximate surface area is 431 Å². The van der Waals surface area contributed by atoms with Crippen LogP contribution in [0.15, 0.2) is 261 Å². The molecular formula is C68H43N7. The lowest BCUT2D eigenvalue weighted by Crippen LogP contribution is -2.02. The predicted molar refractivity (Wildman–Crippen MR) is 308 cm³/mol. The van der Waals surface area contributed by atoms with Crippen LogP contribution in [0.4, 0.5) is 0 Å². The number of benzene rings is 10. The maximum Gasteiger partial charge on any atom is 0.182 e. The first-order chi connectivity index (χ1) is 37.2. The lowest BCUT2D eigenvalue weighted by Gasteiger charge is -2.11. The summed E-state index contributed by atoms with van der Waals surface area (Å²) in [4.78, 5) is 20.0. The Hall–Kier alpha value is -10.2. The molecule has 0 N–H and O–H groups in total. The van der Waals surface area contributed by atoms with E-state index in [1.807, 2.05) is 72.9 Å². The van der Waals surface area contributed by atoms with Gasteiger partial charge in [-0.25, -0.2) is 15.0 Å². The molecule has 10 aromatic carbocycles. The second-order valence-electron chi connectivity index (χ2n) is 19.1. The third-order valence-electron chi connectivity index (χ3n) is 14.7. The first-order valence-electron chi connectivity index (χ1n) is 25.3. The van der Waals surface area contributed by atoms with Gasteiger partial charge >= 0.3 is 0 Å². The van der Waals surface area contributed by atoms with Gasteiger partial charge in [-0.3, -0.25) is 4.98 Å². The summed E-state index contributed by atoms with van der Waals surface area (Å²) in [5.41, 5.74) is 17.2. The molecule has 5 aromatic heterocycles. The van der Waals surface area contributed by atoms with E-state index in [0.717, 1.165) is 72.2 Å². The van der Waals surface area contributed by atoms with E-state index in [1.54, 1.807) is 0 Å². The van der Waals surface area contributed by atoms with Gasteiger partial charge in [0.1, 0.15) is 5.69 Å². The lowest BCUT2D eigenvalue weighted by atomic mass is 9.98. The van der Waals surface area contributed by atoms with Crippen LogP contribution in [-0.2, 0) is 0 Å². The van der Waals surface area contributed by atoms with Crippen LogP contribution in [0, 0.1) is 0 Å². The molecule has 0 atom stereocenters. The molecule has 5 heterocycles. The normalized spacial score (nSPS) is 11.7. The largest absolute Gasteiger partial charge is 0.309 e. The van der Waals surface area contributed by atoms with Crippen molar-refractivity contribution in [1.29, 1.82) is 0 Å². The Morgan fingerprint density at radius 3 is 0.960 bits per heavy atom. The van der Waals surface area contributed by atoms with E-state index in [0.29, 0.717) is 23.2 Å². The van der Waals surface area contributed by atoms with Crippen molar-refractivity contribution in [1.82, 2.24) is 33.6 Å². The topological polar surface area (TPSA) is 66.3 Å². The third kappa shape index (κ3) is 7.05. The number of pyridine rings is 1. The molecule has 75 heavy (non-hydrogen) atoms. The van der Waals surface area contributed by atoms with E-state index in [-0.39, 0.29) is 0 Å². The number of nitrogens with zero attached hydrogens (tertiary/aromatic N) is 7. The van der Waals surface area contributed by atoms with Crippen molar-refractivity contribution in [3.05, 3.63) is 261 Å². The van der Waals surface area contributed by atoms with Gasteiger partial charge in [-0.05, 0) is 119 Å². The molecule has 0 aliphatic heterocycles. The molecule has 0 spiro atoms. The Balaban J connectivity index is 0.897. The van der Waals surface area contributed by atoms with Gasteiger partial charge in [0.2, 0.25) is 0 Å². The van der Waals surface area contributed by atoms with Gasteiger partial charge in [0.05, 0.1) is 45.0 Å². The Morgan fingerprint density at radius 1 is 0.227 bits per heavy atom. The molecule has 0 saturated carbocycles. The van der Waals surface area contributed by atoms with Crippen molar-refractivity contribution >= 4 is 65.4 Å². The van der Waals surface area contributed by atoms with Crippen molar-refractivity contribution in [3.8, 4) is 73.6 Å². The molecule has 15 aromatic rings. The van der Waals surface area contributed by atoms with Crippen molar-refractivity contribution in [3.63, 3.8) is 0 Å². The number of aromatic nitrogens is 7. The molecule has 15 rings (SSSR count). The van der Waals surface area contributed by atoms with Gasteiger partial charge in [-0.2, -0.15) is 0 Å². The third-order valence-corrected chi connectivity index (χ3v) is 14.7. The zero-order chi connectivity index (χ0) is 49.4. The SMILES string of the molecule is c1ccc(-c2nc(-c3ccccc3)nc(-c3ccc(-n4c5ccc(-c6ccc7c(c6)c6ccccc6n7-c6ccccc6)cc5c5cc(-c6ccc7c(c6)c6ccccc6n7-c6ccccc6)ccc54)cn3)n2)cc1. The molecule has 0 aliphatic rings. The van der Waals surface area contributed by atoms with Crippen molar-refractivity contribution < 1.29 is 0 Å². The highest BCUT2D eigenvalue weighted by Gasteiger charge is 2.20. The van der Waals surface area contributed by atoms with Crippen LogP contribution in [0.2, 0.25) is 0 Å². The highest BCUT2D eigenvalue weighted by Crippen LogP contribution is 2.41. The van der Waals surface area contributed by atoms with Crippen LogP contribution in [0.5, 0.6) is 0 Å². The van der Waals surface area contributed by atoms with Gasteiger partial charge in [0, 0.05) is 54.8 Å². The van der Waals surface area contributed by atoms with Crippen LogP contribution in [0.3, 0.4) is 0 Å². The van der Waals surface area contributed by atoms with Crippen LogP contribution >= 0.6 is 0 Å². The summed E-state index contributed by atoms with van der Waals surface area (Å²) in [6, 6.07) is 90.6. The molecule has 7 nitrogen and oxygen atoms in total. The molecule has 0 radical (unpaired) electrons. The summed E-state index contributed by atoms with van der Waals surface area (Å²) in [6.07, 6.45) is 1.94. The van der Waals surface area contributed by atoms with Crippen molar-refractivity contribution in [2.75, 3.05) is 0 Å². The second kappa shape index (κ2) is 17.2. The minimum Gasteiger partial charge on any atom is -0.309 e. The summed E-state index contributed by atoms with van der Waals surface area (Å²) < 4.78 is 7.07. The van der Waals surface area contributed by atoms with Crippen LogP contribution in [0.25, 0.3) is 139 Å². The van der Waals surface area contributed by atoms with E-state index in [4.69, 9.17) is 19.9 Å². The summed E-state index contributed by atoms with van der Waals surface area (Å²) in [7, 11) is 0. The van der Waals surface area contributed by atoms with Gasteiger partial charge < -0.3 is 13.7 Å². The Kier molecular flexibility index (Phi) is 9.75. The Morgan fingerprint density at radius 2 is 0.560 bits per heavy atom. The summed E-state index contributed by atoms with van der Waals surface area (Å²) in [6.45, 7) is 0. The van der Waals surface area contributed by atoms with Crippen LogP contribution in [-0.4, -0.2) is 33.6 Å². The minimum absolute atomic E-state index is 0.512. The lowest BCUT2D eigenvalue weighted by molar-refractivity contribution is 1.05. The summed E-state index contributed by atoms with van der Waals surface area (Å²) in [5.74, 6) is 1.71. The van der Waals surface area contributed by atoms with Crippen molar-refractivity contribution in [2.45, 2.75) is 0 Å². The highest BCUT2D eigenvalue weighted by molar-refractivity contribution is 6.14. The van der Waals surface area contributed by atoms with Crippen molar-refractivity contribution in [2.24, 2.45) is 0 Å². The summed E-state index contributed by atoms with van der Waals surface area (Å²) in [5, 5.41) is 7.20. The zero-order valence-electron chi connectivity index (χ0n) is 40.5. The molecule has 0 unspecified atom stereocenters. The fourth-order valence-electron chi connectivity index (χ4n) is 11.2.